The highest BCUT2D eigenvalue weighted by atomic mass is 16.6. The first-order valence-corrected chi connectivity index (χ1v) is 6.74. The molecule has 3 rings (SSSR count). The number of ether oxygens (including phenoxy) is 2. The third-order valence-corrected chi connectivity index (χ3v) is 3.43. The molecule has 1 amide bonds. The fourth-order valence-electron chi connectivity index (χ4n) is 2.37. The van der Waals surface area contributed by atoms with Crippen molar-refractivity contribution in [3.05, 3.63) is 42.2 Å². The van der Waals surface area contributed by atoms with Crippen LogP contribution >= 0.6 is 0 Å². The number of benzene rings is 1. The second-order valence-electron chi connectivity index (χ2n) is 4.92. The van der Waals surface area contributed by atoms with Crippen LogP contribution in [-0.4, -0.2) is 41.4 Å². The summed E-state index contributed by atoms with van der Waals surface area (Å²) in [7, 11) is 3.03. The molecule has 0 saturated heterocycles. The van der Waals surface area contributed by atoms with Crippen molar-refractivity contribution in [1.82, 2.24) is 9.78 Å². The average Bonchev–Trinajstić information content (AvgIpc) is 2.98. The Morgan fingerprint density at radius 3 is 2.82 bits per heavy atom. The molecular formula is C15H15N3O4. The van der Waals surface area contributed by atoms with Crippen molar-refractivity contribution in [2.24, 2.45) is 7.05 Å². The van der Waals surface area contributed by atoms with Gasteiger partial charge in [0.05, 0.1) is 31.1 Å². The highest BCUT2D eigenvalue weighted by Crippen LogP contribution is 2.34. The number of para-hydroxylation sites is 2. The van der Waals surface area contributed by atoms with Gasteiger partial charge in [0.1, 0.15) is 5.75 Å². The Balaban J connectivity index is 1.98. The lowest BCUT2D eigenvalue weighted by molar-refractivity contribution is -0.148. The molecule has 1 aliphatic rings. The van der Waals surface area contributed by atoms with Gasteiger partial charge >= 0.3 is 5.97 Å². The summed E-state index contributed by atoms with van der Waals surface area (Å²) < 4.78 is 11.9. The quantitative estimate of drug-likeness (QED) is 0.774. The molecule has 0 fully saturated rings. The van der Waals surface area contributed by atoms with Crippen molar-refractivity contribution in [3.63, 3.8) is 0 Å². The van der Waals surface area contributed by atoms with E-state index >= 15 is 0 Å². The predicted molar refractivity (Wildman–Crippen MR) is 77.8 cm³/mol. The SMILES string of the molecule is COC(=O)[C@H]1CN(C(=O)c2cnn(C)c2)c2ccccc2O1. The second-order valence-corrected chi connectivity index (χ2v) is 4.92. The summed E-state index contributed by atoms with van der Waals surface area (Å²) in [4.78, 5) is 26.0. The molecule has 0 N–H and O–H groups in total. The molecule has 7 heteroatoms. The van der Waals surface area contributed by atoms with E-state index in [0.717, 1.165) is 0 Å². The maximum absolute atomic E-state index is 12.7. The van der Waals surface area contributed by atoms with Crippen molar-refractivity contribution in [3.8, 4) is 5.75 Å². The number of esters is 1. The van der Waals surface area contributed by atoms with Crippen LogP contribution in [0.25, 0.3) is 0 Å². The number of amides is 1. The second kappa shape index (κ2) is 5.51. The van der Waals surface area contributed by atoms with Crippen LogP contribution in [0.2, 0.25) is 0 Å². The Kier molecular flexibility index (Phi) is 3.54. The van der Waals surface area contributed by atoms with Crippen LogP contribution in [0, 0.1) is 0 Å². The Morgan fingerprint density at radius 2 is 2.14 bits per heavy atom. The summed E-state index contributed by atoms with van der Waals surface area (Å²) in [6.45, 7) is 0.0947. The summed E-state index contributed by atoms with van der Waals surface area (Å²) in [5.74, 6) is -0.280. The molecule has 2 heterocycles. The molecule has 0 saturated carbocycles. The van der Waals surface area contributed by atoms with Gasteiger partial charge in [-0.25, -0.2) is 4.79 Å². The molecule has 1 atom stereocenters. The number of anilines is 1. The predicted octanol–water partition coefficient (Wildman–Crippen LogP) is 1.00. The zero-order chi connectivity index (χ0) is 15.7. The fraction of sp³-hybridized carbons (Fsp3) is 0.267. The minimum Gasteiger partial charge on any atom is -0.475 e. The minimum absolute atomic E-state index is 0.0947. The average molecular weight is 301 g/mol. The molecule has 22 heavy (non-hydrogen) atoms. The van der Waals surface area contributed by atoms with Gasteiger partial charge in [0.25, 0.3) is 5.91 Å². The van der Waals surface area contributed by atoms with E-state index in [9.17, 15) is 9.59 Å². The van der Waals surface area contributed by atoms with Crippen LogP contribution in [0.4, 0.5) is 5.69 Å². The first-order valence-electron chi connectivity index (χ1n) is 6.74. The zero-order valence-electron chi connectivity index (χ0n) is 12.2. The third kappa shape index (κ3) is 2.41. The monoisotopic (exact) mass is 301 g/mol. The van der Waals surface area contributed by atoms with Crippen molar-refractivity contribution >= 4 is 17.6 Å². The smallest absolute Gasteiger partial charge is 0.348 e. The van der Waals surface area contributed by atoms with E-state index in [0.29, 0.717) is 17.0 Å². The Labute approximate surface area is 127 Å². The van der Waals surface area contributed by atoms with Crippen LogP contribution in [0.15, 0.2) is 36.7 Å². The molecule has 0 radical (unpaired) electrons. The summed E-state index contributed by atoms with van der Waals surface area (Å²) >= 11 is 0. The first kappa shape index (κ1) is 14.1. The summed E-state index contributed by atoms with van der Waals surface area (Å²) in [5, 5.41) is 4.01. The molecule has 0 bridgehead atoms. The number of hydrogen-bond acceptors (Lipinski definition) is 5. The zero-order valence-corrected chi connectivity index (χ0v) is 12.2. The van der Waals surface area contributed by atoms with Crippen LogP contribution < -0.4 is 9.64 Å². The van der Waals surface area contributed by atoms with E-state index in [1.54, 1.807) is 36.1 Å². The van der Waals surface area contributed by atoms with Gasteiger partial charge in [-0.3, -0.25) is 9.48 Å². The molecule has 0 spiro atoms. The highest BCUT2D eigenvalue weighted by molar-refractivity contribution is 6.07. The van der Waals surface area contributed by atoms with E-state index in [1.807, 2.05) is 6.07 Å². The number of hydrogen-bond donors (Lipinski definition) is 0. The number of aromatic nitrogens is 2. The molecule has 2 aromatic rings. The van der Waals surface area contributed by atoms with Gasteiger partial charge in [-0.15, -0.1) is 0 Å². The summed E-state index contributed by atoms with van der Waals surface area (Å²) in [6, 6.07) is 7.08. The number of aryl methyl sites for hydroxylation is 1. The number of methoxy groups -OCH3 is 1. The van der Waals surface area contributed by atoms with Gasteiger partial charge in [0, 0.05) is 13.2 Å². The molecule has 7 nitrogen and oxygen atoms in total. The maximum atomic E-state index is 12.7. The lowest BCUT2D eigenvalue weighted by Gasteiger charge is -2.33. The first-order chi connectivity index (χ1) is 10.6. The standard InChI is InChI=1S/C15H15N3O4/c1-17-8-10(7-16-17)14(19)18-9-13(15(20)21-2)22-12-6-4-3-5-11(12)18/h3-8,13H,9H2,1-2H3/t13-/m1/s1. The molecule has 114 valence electrons. The molecule has 0 aliphatic carbocycles. The third-order valence-electron chi connectivity index (χ3n) is 3.43. The van der Waals surface area contributed by atoms with E-state index in [1.165, 1.54) is 18.2 Å². The largest absolute Gasteiger partial charge is 0.475 e. The fourth-order valence-corrected chi connectivity index (χ4v) is 2.37. The topological polar surface area (TPSA) is 73.7 Å². The normalized spacial score (nSPS) is 16.6. The van der Waals surface area contributed by atoms with Gasteiger partial charge in [-0.1, -0.05) is 12.1 Å². The Morgan fingerprint density at radius 1 is 1.36 bits per heavy atom. The molecular weight excluding hydrogens is 286 g/mol. The number of carbonyl (C=O) groups is 2. The summed E-state index contributed by atoms with van der Waals surface area (Å²) in [5.41, 5.74) is 1.07. The molecule has 1 aromatic heterocycles. The Hall–Kier alpha value is -2.83. The van der Waals surface area contributed by atoms with Crippen molar-refractivity contribution in [2.45, 2.75) is 6.10 Å². The van der Waals surface area contributed by atoms with Gasteiger partial charge in [0.2, 0.25) is 6.10 Å². The van der Waals surface area contributed by atoms with Crippen LogP contribution in [0.5, 0.6) is 5.75 Å². The summed E-state index contributed by atoms with van der Waals surface area (Å²) in [6.07, 6.45) is 2.28. The number of rotatable bonds is 2. The van der Waals surface area contributed by atoms with E-state index < -0.39 is 12.1 Å². The van der Waals surface area contributed by atoms with E-state index in [4.69, 9.17) is 9.47 Å². The van der Waals surface area contributed by atoms with Crippen molar-refractivity contribution in [1.29, 1.82) is 0 Å². The van der Waals surface area contributed by atoms with Crippen LogP contribution in [-0.2, 0) is 16.6 Å². The molecule has 1 aromatic carbocycles. The van der Waals surface area contributed by atoms with Crippen molar-refractivity contribution < 1.29 is 19.1 Å². The van der Waals surface area contributed by atoms with Gasteiger partial charge in [0.15, 0.2) is 0 Å². The van der Waals surface area contributed by atoms with Crippen LogP contribution in [0.3, 0.4) is 0 Å². The van der Waals surface area contributed by atoms with E-state index in [2.05, 4.69) is 5.10 Å². The lowest BCUT2D eigenvalue weighted by Crippen LogP contribution is -2.47. The number of carbonyl (C=O) groups excluding carboxylic acids is 2. The van der Waals surface area contributed by atoms with Crippen LogP contribution in [0.1, 0.15) is 10.4 Å². The Bertz CT molecular complexity index is 725. The van der Waals surface area contributed by atoms with Crippen molar-refractivity contribution in [2.75, 3.05) is 18.6 Å². The van der Waals surface area contributed by atoms with Gasteiger partial charge in [-0.05, 0) is 12.1 Å². The molecule has 1 aliphatic heterocycles. The number of nitrogens with zero attached hydrogens (tertiary/aromatic N) is 3. The van der Waals surface area contributed by atoms with Gasteiger partial charge < -0.3 is 14.4 Å². The lowest BCUT2D eigenvalue weighted by atomic mass is 10.1. The van der Waals surface area contributed by atoms with E-state index in [-0.39, 0.29) is 12.5 Å². The highest BCUT2D eigenvalue weighted by Gasteiger charge is 2.35. The minimum atomic E-state index is -0.847. The maximum Gasteiger partial charge on any atom is 0.348 e. The number of fused-ring (bicyclic) bond motifs is 1. The van der Waals surface area contributed by atoms with Gasteiger partial charge in [-0.2, -0.15) is 5.10 Å². The molecule has 0 unspecified atom stereocenters.